The van der Waals surface area contributed by atoms with Crippen LogP contribution in [0.15, 0.2) is 42.7 Å². The largest absolute Gasteiger partial charge is 0.288 e. The number of rotatable bonds is 4. The van der Waals surface area contributed by atoms with Crippen molar-refractivity contribution in [3.63, 3.8) is 0 Å². The lowest BCUT2D eigenvalue weighted by Crippen LogP contribution is -2.29. The topological polar surface area (TPSA) is 8.81 Å². The maximum Gasteiger partial charge on any atom is 0.288 e. The fourth-order valence-corrected chi connectivity index (χ4v) is 1.99. The van der Waals surface area contributed by atoms with Gasteiger partial charge in [-0.2, -0.15) is 0 Å². The summed E-state index contributed by atoms with van der Waals surface area (Å²) in [6.07, 6.45) is 6.75. The molecule has 16 heavy (non-hydrogen) atoms. The molecule has 1 heterocycles. The van der Waals surface area contributed by atoms with Gasteiger partial charge in [0.2, 0.25) is 0 Å². The van der Waals surface area contributed by atoms with E-state index in [9.17, 15) is 0 Å². The molecule has 2 heteroatoms. The Bertz CT molecular complexity index is 443. The molecule has 0 radical (unpaired) electrons. The number of benzene rings is 1. The Labute approximate surface area is 97.2 Å². The van der Waals surface area contributed by atoms with Crippen molar-refractivity contribution in [2.24, 2.45) is 7.05 Å². The Morgan fingerprint density at radius 2 is 1.94 bits per heavy atom. The fourth-order valence-electron chi connectivity index (χ4n) is 1.99. The summed E-state index contributed by atoms with van der Waals surface area (Å²) < 4.78 is 4.52. The van der Waals surface area contributed by atoms with Gasteiger partial charge in [0, 0.05) is 0 Å². The van der Waals surface area contributed by atoms with Crippen LogP contribution in [-0.2, 0) is 13.6 Å². The SMILES string of the molecule is CCCCn1cc[n+](C)c1-c1ccccc1. The third kappa shape index (κ3) is 2.16. The van der Waals surface area contributed by atoms with Gasteiger partial charge in [0.15, 0.2) is 0 Å². The molecule has 0 spiro atoms. The number of hydrogen-bond donors (Lipinski definition) is 0. The number of hydrogen-bond acceptors (Lipinski definition) is 0. The van der Waals surface area contributed by atoms with E-state index in [1.54, 1.807) is 0 Å². The average Bonchev–Trinajstić information content (AvgIpc) is 2.69. The highest BCUT2D eigenvalue weighted by Crippen LogP contribution is 2.15. The van der Waals surface area contributed by atoms with Gasteiger partial charge in [-0.1, -0.05) is 31.5 Å². The Hall–Kier alpha value is -1.57. The molecule has 0 aliphatic heterocycles. The lowest BCUT2D eigenvalue weighted by atomic mass is 10.2. The summed E-state index contributed by atoms with van der Waals surface area (Å²) >= 11 is 0. The van der Waals surface area contributed by atoms with Crippen molar-refractivity contribution >= 4 is 0 Å². The van der Waals surface area contributed by atoms with Crippen molar-refractivity contribution in [2.75, 3.05) is 0 Å². The van der Waals surface area contributed by atoms with Gasteiger partial charge < -0.3 is 0 Å². The van der Waals surface area contributed by atoms with Crippen LogP contribution in [0, 0.1) is 0 Å². The van der Waals surface area contributed by atoms with Gasteiger partial charge in [-0.25, -0.2) is 9.13 Å². The Morgan fingerprint density at radius 3 is 2.62 bits per heavy atom. The van der Waals surface area contributed by atoms with Crippen LogP contribution in [0.4, 0.5) is 0 Å². The Kier molecular flexibility index (Phi) is 3.40. The first kappa shape index (κ1) is 10.9. The molecule has 1 aromatic carbocycles. The van der Waals surface area contributed by atoms with Crippen LogP contribution in [0.3, 0.4) is 0 Å². The molecule has 0 aliphatic carbocycles. The zero-order chi connectivity index (χ0) is 11.4. The fraction of sp³-hybridized carbons (Fsp3) is 0.357. The van der Waals surface area contributed by atoms with Crippen molar-refractivity contribution in [1.82, 2.24) is 4.57 Å². The normalized spacial score (nSPS) is 10.6. The van der Waals surface area contributed by atoms with Gasteiger partial charge in [-0.3, -0.25) is 0 Å². The average molecular weight is 215 g/mol. The number of unbranched alkanes of at least 4 members (excludes halogenated alkanes) is 1. The monoisotopic (exact) mass is 215 g/mol. The third-order valence-corrected chi connectivity index (χ3v) is 2.86. The maximum absolute atomic E-state index is 2.33. The summed E-state index contributed by atoms with van der Waals surface area (Å²) in [4.78, 5) is 0. The number of nitrogens with zero attached hydrogens (tertiary/aromatic N) is 2. The third-order valence-electron chi connectivity index (χ3n) is 2.86. The van der Waals surface area contributed by atoms with Crippen LogP contribution in [0.1, 0.15) is 19.8 Å². The van der Waals surface area contributed by atoms with Crippen molar-refractivity contribution in [1.29, 1.82) is 0 Å². The first-order chi connectivity index (χ1) is 7.83. The van der Waals surface area contributed by atoms with E-state index in [0.717, 1.165) is 6.54 Å². The van der Waals surface area contributed by atoms with Crippen LogP contribution < -0.4 is 4.57 Å². The van der Waals surface area contributed by atoms with Gasteiger partial charge in [0.25, 0.3) is 5.82 Å². The predicted molar refractivity (Wildman–Crippen MR) is 66.0 cm³/mol. The maximum atomic E-state index is 2.33. The zero-order valence-corrected chi connectivity index (χ0v) is 10.1. The van der Waals surface area contributed by atoms with E-state index in [4.69, 9.17) is 0 Å². The molecule has 0 fully saturated rings. The van der Waals surface area contributed by atoms with Crippen molar-refractivity contribution in [3.05, 3.63) is 42.7 Å². The molecular formula is C14H19N2+. The second-order valence-electron chi connectivity index (χ2n) is 4.15. The highest BCUT2D eigenvalue weighted by Gasteiger charge is 2.15. The summed E-state index contributed by atoms with van der Waals surface area (Å²) in [5, 5.41) is 0. The van der Waals surface area contributed by atoms with Crippen LogP contribution >= 0.6 is 0 Å². The van der Waals surface area contributed by atoms with E-state index in [1.165, 1.54) is 24.2 Å². The number of imidazole rings is 1. The smallest absolute Gasteiger partial charge is 0.233 e. The highest BCUT2D eigenvalue weighted by atomic mass is 15.1. The number of aryl methyl sites for hydroxylation is 2. The summed E-state index contributed by atoms with van der Waals surface area (Å²) in [5.41, 5.74) is 1.28. The van der Waals surface area contributed by atoms with E-state index in [0.29, 0.717) is 0 Å². The van der Waals surface area contributed by atoms with Gasteiger partial charge in [-0.15, -0.1) is 0 Å². The van der Waals surface area contributed by atoms with E-state index >= 15 is 0 Å². The van der Waals surface area contributed by atoms with Gasteiger partial charge in [0.1, 0.15) is 12.4 Å². The molecule has 0 N–H and O–H groups in total. The van der Waals surface area contributed by atoms with Crippen LogP contribution in [0.25, 0.3) is 11.4 Å². The molecule has 0 unspecified atom stereocenters. The minimum Gasteiger partial charge on any atom is -0.233 e. The second kappa shape index (κ2) is 4.97. The minimum atomic E-state index is 1.10. The first-order valence-electron chi connectivity index (χ1n) is 5.93. The molecule has 1 aromatic heterocycles. The summed E-state index contributed by atoms with van der Waals surface area (Å²) in [6, 6.07) is 10.6. The van der Waals surface area contributed by atoms with Crippen molar-refractivity contribution in [2.45, 2.75) is 26.3 Å². The molecule has 0 bridgehead atoms. The molecule has 0 saturated heterocycles. The van der Waals surface area contributed by atoms with E-state index < -0.39 is 0 Å². The van der Waals surface area contributed by atoms with Crippen molar-refractivity contribution in [3.8, 4) is 11.4 Å². The molecule has 0 amide bonds. The molecular weight excluding hydrogens is 196 g/mol. The van der Waals surface area contributed by atoms with Gasteiger partial charge in [-0.05, 0) is 18.6 Å². The highest BCUT2D eigenvalue weighted by molar-refractivity contribution is 5.52. The molecule has 2 rings (SSSR count). The molecule has 2 aromatic rings. The summed E-state index contributed by atoms with van der Waals surface area (Å²) in [7, 11) is 2.10. The van der Waals surface area contributed by atoms with Crippen LogP contribution in [0.2, 0.25) is 0 Å². The molecule has 84 valence electrons. The minimum absolute atomic E-state index is 1.10. The molecule has 0 atom stereocenters. The van der Waals surface area contributed by atoms with Crippen molar-refractivity contribution < 1.29 is 4.57 Å². The first-order valence-corrected chi connectivity index (χ1v) is 5.93. The van der Waals surface area contributed by atoms with E-state index in [-0.39, 0.29) is 0 Å². The van der Waals surface area contributed by atoms with Gasteiger partial charge in [0.05, 0.1) is 19.2 Å². The Balaban J connectivity index is 2.35. The second-order valence-corrected chi connectivity index (χ2v) is 4.15. The van der Waals surface area contributed by atoms with E-state index in [1.807, 2.05) is 0 Å². The predicted octanol–water partition coefficient (Wildman–Crippen LogP) is 2.78. The summed E-state index contributed by atoms with van der Waals surface area (Å²) in [6.45, 7) is 3.33. The quantitative estimate of drug-likeness (QED) is 0.693. The number of aromatic nitrogens is 2. The van der Waals surface area contributed by atoms with Crippen LogP contribution in [-0.4, -0.2) is 4.57 Å². The lowest BCUT2D eigenvalue weighted by Gasteiger charge is -2.02. The standard InChI is InChI=1S/C14H19N2/c1-3-4-10-16-12-11-15(2)14(16)13-8-6-5-7-9-13/h5-9,11-12H,3-4,10H2,1-2H3/q+1. The van der Waals surface area contributed by atoms with Gasteiger partial charge >= 0.3 is 0 Å². The zero-order valence-electron chi connectivity index (χ0n) is 10.1. The molecule has 0 aliphatic rings. The van der Waals surface area contributed by atoms with Crippen LogP contribution in [0.5, 0.6) is 0 Å². The van der Waals surface area contributed by atoms with E-state index in [2.05, 4.69) is 65.8 Å². The lowest BCUT2D eigenvalue weighted by molar-refractivity contribution is -0.659. The summed E-state index contributed by atoms with van der Waals surface area (Å²) in [5.74, 6) is 1.29. The molecule has 2 nitrogen and oxygen atoms in total. The molecule has 0 saturated carbocycles. The Morgan fingerprint density at radius 1 is 1.19 bits per heavy atom.